The van der Waals surface area contributed by atoms with E-state index in [2.05, 4.69) is 139 Å². The topological polar surface area (TPSA) is 0 Å². The van der Waals surface area contributed by atoms with E-state index in [1.165, 1.54) is 54.9 Å². The van der Waals surface area contributed by atoms with Crippen LogP contribution in [-0.2, 0) is 0 Å². The number of hydrogen-bond donors (Lipinski definition) is 0. The zero-order valence-electron chi connectivity index (χ0n) is 22.2. The first kappa shape index (κ1) is 26.9. The van der Waals surface area contributed by atoms with E-state index < -0.39 is 0 Å². The molecule has 0 aliphatic carbocycles. The monoisotopic (exact) mass is 448 g/mol. The van der Waals surface area contributed by atoms with Crippen molar-refractivity contribution >= 4 is 21.5 Å². The van der Waals surface area contributed by atoms with Crippen LogP contribution in [0.25, 0.3) is 21.5 Å². The van der Waals surface area contributed by atoms with Crippen LogP contribution in [-0.4, -0.2) is 0 Å². The third-order valence-corrected chi connectivity index (χ3v) is 6.26. The predicted molar refractivity (Wildman–Crippen MR) is 154 cm³/mol. The Kier molecular flexibility index (Phi) is 10.6. The average Bonchev–Trinajstić information content (AvgIpc) is 2.86. The first-order chi connectivity index (χ1) is 16.4. The van der Waals surface area contributed by atoms with Gasteiger partial charge in [-0.05, 0) is 96.5 Å². The lowest BCUT2D eigenvalue weighted by Crippen LogP contribution is -1.82. The van der Waals surface area contributed by atoms with Gasteiger partial charge in [0.05, 0.1) is 0 Å². The molecule has 0 heterocycles. The minimum absolute atomic E-state index is 1.33. The van der Waals surface area contributed by atoms with E-state index in [1.807, 2.05) is 13.8 Å². The molecule has 0 saturated carbocycles. The Bertz CT molecular complexity index is 1260. The van der Waals surface area contributed by atoms with E-state index in [-0.39, 0.29) is 0 Å². The number of fused-ring (bicyclic) bond motifs is 2. The maximum atomic E-state index is 2.24. The van der Waals surface area contributed by atoms with Crippen LogP contribution in [0, 0.1) is 41.5 Å². The van der Waals surface area contributed by atoms with E-state index in [9.17, 15) is 0 Å². The summed E-state index contributed by atoms with van der Waals surface area (Å²) < 4.78 is 0. The van der Waals surface area contributed by atoms with Gasteiger partial charge in [-0.3, -0.25) is 0 Å². The van der Waals surface area contributed by atoms with Gasteiger partial charge in [-0.2, -0.15) is 0 Å². The van der Waals surface area contributed by atoms with Crippen molar-refractivity contribution in [2.24, 2.45) is 0 Å². The van der Waals surface area contributed by atoms with Gasteiger partial charge in [0.1, 0.15) is 0 Å². The number of hydrogen-bond acceptors (Lipinski definition) is 0. The molecule has 5 aromatic carbocycles. The maximum absolute atomic E-state index is 2.24. The second-order valence-electron chi connectivity index (χ2n) is 8.60. The van der Waals surface area contributed by atoms with Gasteiger partial charge in [0.2, 0.25) is 0 Å². The molecular weight excluding hydrogens is 408 g/mol. The Balaban J connectivity index is 0.000000177. The molecule has 34 heavy (non-hydrogen) atoms. The molecule has 0 saturated heterocycles. The molecule has 0 bridgehead atoms. The van der Waals surface area contributed by atoms with Gasteiger partial charge in [-0.1, -0.05) is 111 Å². The third-order valence-electron chi connectivity index (χ3n) is 6.26. The van der Waals surface area contributed by atoms with Crippen LogP contribution in [0.2, 0.25) is 0 Å². The van der Waals surface area contributed by atoms with Crippen molar-refractivity contribution in [1.82, 2.24) is 0 Å². The summed E-state index contributed by atoms with van der Waals surface area (Å²) in [4.78, 5) is 0. The van der Waals surface area contributed by atoms with Crippen LogP contribution in [0.1, 0.15) is 47.2 Å². The number of rotatable bonds is 0. The SMILES string of the molecule is CC.Cc1cc2ccccc2cc1C.Cc1ccc2ccccc2c1C.Cc1ccccc1C. The molecule has 0 radical (unpaired) electrons. The van der Waals surface area contributed by atoms with Crippen molar-refractivity contribution in [3.8, 4) is 0 Å². The highest BCUT2D eigenvalue weighted by atomic mass is 14.0. The van der Waals surface area contributed by atoms with Crippen molar-refractivity contribution in [3.63, 3.8) is 0 Å². The molecular formula is C34H40. The molecule has 0 amide bonds. The summed E-state index contributed by atoms with van der Waals surface area (Å²) in [5, 5.41) is 5.37. The third kappa shape index (κ3) is 7.32. The largest absolute Gasteiger partial charge is 0.0683 e. The standard InChI is InChI=1S/2C12H12.C8H10.C2H6/c1-9-7-11-5-3-4-6-12(11)8-10(9)2;1-9-7-8-11-5-3-4-6-12(11)10(9)2;1-7-5-3-4-6-8(7)2;1-2/h2*3-8H,1-2H3;3-6H,1-2H3;1-2H3. The lowest BCUT2D eigenvalue weighted by atomic mass is 10.0. The molecule has 5 aromatic rings. The zero-order valence-corrected chi connectivity index (χ0v) is 22.2. The maximum Gasteiger partial charge on any atom is -0.0152 e. The number of aryl methyl sites for hydroxylation is 6. The lowest BCUT2D eigenvalue weighted by Gasteiger charge is -2.04. The van der Waals surface area contributed by atoms with Gasteiger partial charge in [0.25, 0.3) is 0 Å². The summed E-state index contributed by atoms with van der Waals surface area (Å²) in [5.41, 5.74) is 8.24. The van der Waals surface area contributed by atoms with Gasteiger partial charge in [-0.15, -0.1) is 0 Å². The van der Waals surface area contributed by atoms with Gasteiger partial charge in [-0.25, -0.2) is 0 Å². The highest BCUT2D eigenvalue weighted by molar-refractivity contribution is 5.86. The van der Waals surface area contributed by atoms with Crippen LogP contribution in [0.15, 0.2) is 97.1 Å². The summed E-state index contributed by atoms with van der Waals surface area (Å²) in [7, 11) is 0. The first-order valence-corrected chi connectivity index (χ1v) is 12.3. The summed E-state index contributed by atoms with van der Waals surface area (Å²) in [5.74, 6) is 0. The molecule has 176 valence electrons. The second kappa shape index (κ2) is 13.4. The minimum atomic E-state index is 1.33. The fraction of sp³-hybridized carbons (Fsp3) is 0.235. The normalized spacial score (nSPS) is 9.76. The minimum Gasteiger partial charge on any atom is -0.0683 e. The molecule has 0 heteroatoms. The Morgan fingerprint density at radius 3 is 1.24 bits per heavy atom. The van der Waals surface area contributed by atoms with E-state index in [0.717, 1.165) is 0 Å². The Morgan fingerprint density at radius 2 is 0.765 bits per heavy atom. The number of benzene rings is 5. The lowest BCUT2D eigenvalue weighted by molar-refractivity contribution is 1.34. The van der Waals surface area contributed by atoms with Gasteiger partial charge in [0, 0.05) is 0 Å². The summed E-state index contributed by atoms with van der Waals surface area (Å²) in [6.07, 6.45) is 0. The van der Waals surface area contributed by atoms with E-state index in [1.54, 1.807) is 0 Å². The van der Waals surface area contributed by atoms with Gasteiger partial charge < -0.3 is 0 Å². The van der Waals surface area contributed by atoms with Crippen LogP contribution >= 0.6 is 0 Å². The van der Waals surface area contributed by atoms with Crippen LogP contribution in [0.3, 0.4) is 0 Å². The smallest absolute Gasteiger partial charge is 0.0152 e. The Hall–Kier alpha value is -3.38. The highest BCUT2D eigenvalue weighted by Crippen LogP contribution is 2.20. The van der Waals surface area contributed by atoms with Gasteiger partial charge >= 0.3 is 0 Å². The van der Waals surface area contributed by atoms with E-state index in [4.69, 9.17) is 0 Å². The molecule has 0 spiro atoms. The fourth-order valence-electron chi connectivity index (χ4n) is 3.67. The Labute approximate surface area is 207 Å². The molecule has 5 rings (SSSR count). The molecule has 0 unspecified atom stereocenters. The fourth-order valence-corrected chi connectivity index (χ4v) is 3.67. The average molecular weight is 449 g/mol. The van der Waals surface area contributed by atoms with Crippen molar-refractivity contribution in [1.29, 1.82) is 0 Å². The zero-order chi connectivity index (χ0) is 25.1. The summed E-state index contributed by atoms with van der Waals surface area (Å²) in [6, 6.07) is 34.2. The quantitative estimate of drug-likeness (QED) is 0.221. The van der Waals surface area contributed by atoms with E-state index >= 15 is 0 Å². The first-order valence-electron chi connectivity index (χ1n) is 12.3. The van der Waals surface area contributed by atoms with Crippen molar-refractivity contribution in [2.75, 3.05) is 0 Å². The Morgan fingerprint density at radius 1 is 0.353 bits per heavy atom. The molecule has 0 N–H and O–H groups in total. The van der Waals surface area contributed by atoms with Crippen molar-refractivity contribution in [3.05, 3.63) is 130 Å². The molecule has 0 atom stereocenters. The predicted octanol–water partition coefficient (Wildman–Crippen LogP) is 10.2. The summed E-state index contributed by atoms with van der Waals surface area (Å²) >= 11 is 0. The van der Waals surface area contributed by atoms with Crippen LogP contribution in [0.4, 0.5) is 0 Å². The molecule has 0 aliphatic heterocycles. The van der Waals surface area contributed by atoms with Crippen LogP contribution < -0.4 is 0 Å². The molecule has 0 fully saturated rings. The molecule has 0 aromatic heterocycles. The van der Waals surface area contributed by atoms with E-state index in [0.29, 0.717) is 0 Å². The van der Waals surface area contributed by atoms with Gasteiger partial charge in [0.15, 0.2) is 0 Å². The van der Waals surface area contributed by atoms with Crippen molar-refractivity contribution in [2.45, 2.75) is 55.4 Å². The highest BCUT2D eigenvalue weighted by Gasteiger charge is 1.97. The van der Waals surface area contributed by atoms with Crippen molar-refractivity contribution < 1.29 is 0 Å². The second-order valence-corrected chi connectivity index (χ2v) is 8.60. The molecule has 0 aliphatic rings. The summed E-state index contributed by atoms with van der Waals surface area (Å²) in [6.45, 7) is 16.9. The molecule has 0 nitrogen and oxygen atoms in total. The van der Waals surface area contributed by atoms with Crippen LogP contribution in [0.5, 0.6) is 0 Å².